The fourth-order valence-electron chi connectivity index (χ4n) is 1.92. The number of nitrogens with zero attached hydrogens (tertiary/aromatic N) is 2. The summed E-state index contributed by atoms with van der Waals surface area (Å²) in [5, 5.41) is 0.520. The van der Waals surface area contributed by atoms with E-state index in [1.165, 1.54) is 11.1 Å². The molecule has 1 aromatic carbocycles. The highest BCUT2D eigenvalue weighted by Gasteiger charge is 2.25. The van der Waals surface area contributed by atoms with Crippen molar-refractivity contribution in [1.29, 1.82) is 0 Å². The second-order valence-electron chi connectivity index (χ2n) is 3.95. The summed E-state index contributed by atoms with van der Waals surface area (Å²) in [5.41, 5.74) is 1.59. The van der Waals surface area contributed by atoms with Gasteiger partial charge in [-0.15, -0.1) is 0 Å². The SMILES string of the molecule is CN1C(=O)Oc2ccccc2-c2cc(Cl)cnc21. The van der Waals surface area contributed by atoms with Crippen LogP contribution in [0.3, 0.4) is 0 Å². The summed E-state index contributed by atoms with van der Waals surface area (Å²) < 4.78 is 5.30. The first-order valence-electron chi connectivity index (χ1n) is 5.37. The summed E-state index contributed by atoms with van der Waals surface area (Å²) in [5.74, 6) is 1.05. The number of hydrogen-bond donors (Lipinski definition) is 0. The van der Waals surface area contributed by atoms with Crippen LogP contribution in [0.4, 0.5) is 10.6 Å². The average molecular weight is 261 g/mol. The Kier molecular flexibility index (Phi) is 2.45. The normalized spacial score (nSPS) is 13.4. The van der Waals surface area contributed by atoms with Crippen LogP contribution in [0, 0.1) is 0 Å². The fraction of sp³-hybridized carbons (Fsp3) is 0.0769. The third kappa shape index (κ3) is 1.62. The molecule has 2 heterocycles. The van der Waals surface area contributed by atoms with Gasteiger partial charge in [0.1, 0.15) is 11.6 Å². The number of anilines is 1. The Hall–Kier alpha value is -2.07. The van der Waals surface area contributed by atoms with E-state index >= 15 is 0 Å². The van der Waals surface area contributed by atoms with Crippen LogP contribution >= 0.6 is 11.6 Å². The van der Waals surface area contributed by atoms with E-state index in [0.29, 0.717) is 16.6 Å². The van der Waals surface area contributed by atoms with Crippen molar-refractivity contribution in [3.05, 3.63) is 41.6 Å². The minimum atomic E-state index is -0.462. The lowest BCUT2D eigenvalue weighted by Gasteiger charge is -2.14. The molecule has 2 aromatic rings. The first-order chi connectivity index (χ1) is 8.66. The summed E-state index contributed by atoms with van der Waals surface area (Å²) in [4.78, 5) is 17.4. The molecule has 90 valence electrons. The maximum absolute atomic E-state index is 11.9. The number of benzene rings is 1. The molecule has 0 N–H and O–H groups in total. The van der Waals surface area contributed by atoms with Gasteiger partial charge in [0, 0.05) is 24.4 Å². The van der Waals surface area contributed by atoms with Crippen LogP contribution in [0.15, 0.2) is 36.5 Å². The molecule has 3 rings (SSSR count). The third-order valence-electron chi connectivity index (χ3n) is 2.80. The topological polar surface area (TPSA) is 42.4 Å². The largest absolute Gasteiger partial charge is 0.420 e. The van der Waals surface area contributed by atoms with E-state index < -0.39 is 6.09 Å². The molecule has 1 aromatic heterocycles. The Morgan fingerprint density at radius 2 is 2.06 bits per heavy atom. The standard InChI is InChI=1S/C13H9ClN2O2/c1-16-12-10(6-8(14)7-15-12)9-4-2-3-5-11(9)18-13(16)17/h2-7H,1H3. The van der Waals surface area contributed by atoms with Crippen LogP contribution in [0.25, 0.3) is 11.1 Å². The van der Waals surface area contributed by atoms with Gasteiger partial charge in [0.05, 0.1) is 5.02 Å². The highest BCUT2D eigenvalue weighted by molar-refractivity contribution is 6.31. The molecule has 1 amide bonds. The predicted octanol–water partition coefficient (Wildman–Crippen LogP) is 3.35. The summed E-state index contributed by atoms with van der Waals surface area (Å²) >= 11 is 5.97. The van der Waals surface area contributed by atoms with Crippen molar-refractivity contribution in [3.63, 3.8) is 0 Å². The molecule has 18 heavy (non-hydrogen) atoms. The van der Waals surface area contributed by atoms with Crippen molar-refractivity contribution in [2.24, 2.45) is 0 Å². The summed E-state index contributed by atoms with van der Waals surface area (Å²) in [6, 6.07) is 9.09. The number of hydrogen-bond acceptors (Lipinski definition) is 3. The maximum atomic E-state index is 11.9. The van der Waals surface area contributed by atoms with Gasteiger partial charge in [-0.3, -0.25) is 4.90 Å². The molecule has 0 unspecified atom stereocenters. The predicted molar refractivity (Wildman–Crippen MR) is 69.1 cm³/mol. The zero-order valence-corrected chi connectivity index (χ0v) is 10.3. The number of ether oxygens (including phenoxy) is 1. The number of rotatable bonds is 0. The first kappa shape index (κ1) is 11.0. The average Bonchev–Trinajstić information content (AvgIpc) is 2.47. The summed E-state index contributed by atoms with van der Waals surface area (Å²) in [6.45, 7) is 0. The molecule has 0 bridgehead atoms. The molecule has 0 saturated heterocycles. The van der Waals surface area contributed by atoms with Crippen LogP contribution in [-0.4, -0.2) is 18.1 Å². The molecule has 0 spiro atoms. The summed E-state index contributed by atoms with van der Waals surface area (Å²) in [7, 11) is 1.62. The monoisotopic (exact) mass is 260 g/mol. The van der Waals surface area contributed by atoms with Gasteiger partial charge in [0.2, 0.25) is 0 Å². The van der Waals surface area contributed by atoms with Crippen molar-refractivity contribution >= 4 is 23.5 Å². The second-order valence-corrected chi connectivity index (χ2v) is 4.38. The number of halogens is 1. The Balaban J connectivity index is 2.34. The van der Waals surface area contributed by atoms with E-state index in [0.717, 1.165) is 11.1 Å². The van der Waals surface area contributed by atoms with Crippen LogP contribution < -0.4 is 9.64 Å². The lowest BCUT2D eigenvalue weighted by atomic mass is 10.1. The molecule has 1 aliphatic rings. The first-order valence-corrected chi connectivity index (χ1v) is 5.75. The van der Waals surface area contributed by atoms with E-state index in [1.807, 2.05) is 18.2 Å². The van der Waals surface area contributed by atoms with Gasteiger partial charge in [-0.2, -0.15) is 0 Å². The Bertz CT molecular complexity index is 643. The molecular formula is C13H9ClN2O2. The van der Waals surface area contributed by atoms with Crippen molar-refractivity contribution in [3.8, 4) is 16.9 Å². The summed E-state index contributed by atoms with van der Waals surface area (Å²) in [6.07, 6.45) is 1.05. The van der Waals surface area contributed by atoms with Crippen molar-refractivity contribution in [1.82, 2.24) is 4.98 Å². The fourth-order valence-corrected chi connectivity index (χ4v) is 2.08. The number of carbonyl (C=O) groups excluding carboxylic acids is 1. The van der Waals surface area contributed by atoms with Gasteiger partial charge in [-0.25, -0.2) is 9.78 Å². The van der Waals surface area contributed by atoms with E-state index in [1.54, 1.807) is 19.2 Å². The van der Waals surface area contributed by atoms with Crippen molar-refractivity contribution in [2.45, 2.75) is 0 Å². The highest BCUT2D eigenvalue weighted by atomic mass is 35.5. The van der Waals surface area contributed by atoms with Crippen LogP contribution in [0.5, 0.6) is 5.75 Å². The van der Waals surface area contributed by atoms with Gasteiger partial charge in [-0.05, 0) is 12.1 Å². The molecule has 0 aliphatic carbocycles. The van der Waals surface area contributed by atoms with E-state index in [9.17, 15) is 4.79 Å². The van der Waals surface area contributed by atoms with E-state index in [-0.39, 0.29) is 0 Å². The smallest absolute Gasteiger partial charge is 0.409 e. The number of pyridine rings is 1. The van der Waals surface area contributed by atoms with Gasteiger partial charge in [0.15, 0.2) is 0 Å². The lowest BCUT2D eigenvalue weighted by Crippen LogP contribution is -2.29. The minimum Gasteiger partial charge on any atom is -0.409 e. The molecule has 0 fully saturated rings. The molecule has 5 heteroatoms. The number of carbonyl (C=O) groups is 1. The minimum absolute atomic E-state index is 0.462. The lowest BCUT2D eigenvalue weighted by molar-refractivity contribution is 0.209. The zero-order valence-electron chi connectivity index (χ0n) is 9.55. The van der Waals surface area contributed by atoms with E-state index in [2.05, 4.69) is 4.98 Å². The Morgan fingerprint density at radius 3 is 2.89 bits per heavy atom. The van der Waals surface area contributed by atoms with Crippen molar-refractivity contribution < 1.29 is 9.53 Å². The number of fused-ring (bicyclic) bond motifs is 3. The van der Waals surface area contributed by atoms with Gasteiger partial charge < -0.3 is 4.74 Å². The quantitative estimate of drug-likeness (QED) is 0.729. The number of aromatic nitrogens is 1. The second kappa shape index (κ2) is 3.99. The van der Waals surface area contributed by atoms with Gasteiger partial charge in [-0.1, -0.05) is 29.8 Å². The highest BCUT2D eigenvalue weighted by Crippen LogP contribution is 2.39. The van der Waals surface area contributed by atoms with Gasteiger partial charge >= 0.3 is 6.09 Å². The zero-order chi connectivity index (χ0) is 12.7. The number of amides is 1. The van der Waals surface area contributed by atoms with Gasteiger partial charge in [0.25, 0.3) is 0 Å². The Labute approximate surface area is 109 Å². The van der Waals surface area contributed by atoms with Crippen molar-refractivity contribution in [2.75, 3.05) is 11.9 Å². The maximum Gasteiger partial charge on any atom is 0.420 e. The molecule has 0 radical (unpaired) electrons. The molecule has 0 atom stereocenters. The molecule has 4 nitrogen and oxygen atoms in total. The van der Waals surface area contributed by atoms with Crippen LogP contribution in [-0.2, 0) is 0 Å². The van der Waals surface area contributed by atoms with E-state index in [4.69, 9.17) is 16.3 Å². The third-order valence-corrected chi connectivity index (χ3v) is 3.01. The van der Waals surface area contributed by atoms with Crippen LogP contribution in [0.1, 0.15) is 0 Å². The Morgan fingerprint density at radius 1 is 1.28 bits per heavy atom. The van der Waals surface area contributed by atoms with Crippen LogP contribution in [0.2, 0.25) is 5.02 Å². The molecular weight excluding hydrogens is 252 g/mol. The number of para-hydroxylation sites is 1. The molecule has 0 saturated carbocycles. The molecule has 1 aliphatic heterocycles.